The van der Waals surface area contributed by atoms with E-state index in [1.54, 1.807) is 18.2 Å². The number of rotatable bonds is 3. The molecule has 0 unspecified atom stereocenters. The van der Waals surface area contributed by atoms with Gasteiger partial charge in [-0.15, -0.1) is 0 Å². The Labute approximate surface area is 87.6 Å². The number of halogens is 1. The van der Waals surface area contributed by atoms with Crippen molar-refractivity contribution in [1.29, 1.82) is 0 Å². The molecular weight excluding hydrogens is 204 g/mol. The Morgan fingerprint density at radius 3 is 2.86 bits per heavy atom. The Kier molecular flexibility index (Phi) is 3.77. The molecule has 0 aliphatic rings. The summed E-state index contributed by atoms with van der Waals surface area (Å²) in [5.41, 5.74) is 0.818. The molecule has 0 saturated heterocycles. The van der Waals surface area contributed by atoms with Crippen molar-refractivity contribution in [2.45, 2.75) is 6.92 Å². The summed E-state index contributed by atoms with van der Waals surface area (Å²) in [7, 11) is 1.32. The van der Waals surface area contributed by atoms with Crippen molar-refractivity contribution in [2.75, 3.05) is 13.7 Å². The summed E-state index contributed by atoms with van der Waals surface area (Å²) in [5, 5.41) is 0.618. The van der Waals surface area contributed by atoms with E-state index in [1.165, 1.54) is 7.11 Å². The van der Waals surface area contributed by atoms with Crippen LogP contribution < -0.4 is 4.74 Å². The minimum Gasteiger partial charge on any atom is -0.482 e. The van der Waals surface area contributed by atoms with Gasteiger partial charge in [0.05, 0.1) is 7.11 Å². The zero-order valence-corrected chi connectivity index (χ0v) is 8.80. The molecule has 0 heterocycles. The molecule has 1 aromatic carbocycles. The molecule has 4 heteroatoms. The fourth-order valence-electron chi connectivity index (χ4n) is 0.940. The largest absolute Gasteiger partial charge is 0.482 e. The second-order valence-corrected chi connectivity index (χ2v) is 3.13. The molecule has 3 nitrogen and oxygen atoms in total. The molecule has 76 valence electrons. The summed E-state index contributed by atoms with van der Waals surface area (Å²) in [6, 6.07) is 5.29. The first kappa shape index (κ1) is 10.9. The maximum absolute atomic E-state index is 10.8. The van der Waals surface area contributed by atoms with Crippen LogP contribution in [-0.2, 0) is 9.53 Å². The van der Waals surface area contributed by atoms with E-state index in [4.69, 9.17) is 16.3 Å². The lowest BCUT2D eigenvalue weighted by molar-refractivity contribution is -0.142. The number of hydrogen-bond donors (Lipinski definition) is 0. The Bertz CT molecular complexity index is 336. The Balaban J connectivity index is 2.68. The number of hydrogen-bond acceptors (Lipinski definition) is 3. The average molecular weight is 215 g/mol. The minimum absolute atomic E-state index is 0.0995. The smallest absolute Gasteiger partial charge is 0.343 e. The lowest BCUT2D eigenvalue weighted by Gasteiger charge is -2.08. The van der Waals surface area contributed by atoms with Gasteiger partial charge in [-0.3, -0.25) is 0 Å². The van der Waals surface area contributed by atoms with Gasteiger partial charge in [0.1, 0.15) is 5.75 Å². The van der Waals surface area contributed by atoms with Crippen molar-refractivity contribution in [1.82, 2.24) is 0 Å². The van der Waals surface area contributed by atoms with Gasteiger partial charge in [-0.05, 0) is 19.1 Å². The van der Waals surface area contributed by atoms with Gasteiger partial charge in [-0.25, -0.2) is 4.79 Å². The lowest BCUT2D eigenvalue weighted by Crippen LogP contribution is -2.12. The van der Waals surface area contributed by atoms with Crippen LogP contribution in [0, 0.1) is 6.92 Å². The van der Waals surface area contributed by atoms with Crippen molar-refractivity contribution < 1.29 is 14.3 Å². The van der Waals surface area contributed by atoms with E-state index >= 15 is 0 Å². The Morgan fingerprint density at radius 1 is 1.50 bits per heavy atom. The molecule has 0 N–H and O–H groups in total. The predicted molar refractivity (Wildman–Crippen MR) is 53.7 cm³/mol. The van der Waals surface area contributed by atoms with Gasteiger partial charge < -0.3 is 9.47 Å². The van der Waals surface area contributed by atoms with E-state index in [0.717, 1.165) is 5.56 Å². The average Bonchev–Trinajstić information content (AvgIpc) is 2.20. The topological polar surface area (TPSA) is 35.5 Å². The molecule has 0 spiro atoms. The standard InChI is InChI=1S/C10H11ClO3/c1-7-8(11)4-3-5-9(7)14-6-10(12)13-2/h3-5H,6H2,1-2H3. The van der Waals surface area contributed by atoms with Crippen molar-refractivity contribution >= 4 is 17.6 Å². The molecule has 0 radical (unpaired) electrons. The molecule has 0 aliphatic heterocycles. The third-order valence-corrected chi connectivity index (χ3v) is 2.20. The maximum atomic E-state index is 10.8. The SMILES string of the molecule is COC(=O)COc1cccc(Cl)c1C. The van der Waals surface area contributed by atoms with Gasteiger partial charge in [0.2, 0.25) is 0 Å². The van der Waals surface area contributed by atoms with Crippen LogP contribution in [0.15, 0.2) is 18.2 Å². The summed E-state index contributed by atoms with van der Waals surface area (Å²) in [5.74, 6) is 0.187. The second-order valence-electron chi connectivity index (χ2n) is 2.73. The molecule has 0 amide bonds. The van der Waals surface area contributed by atoms with Gasteiger partial charge in [0.25, 0.3) is 0 Å². The number of carbonyl (C=O) groups is 1. The highest BCUT2D eigenvalue weighted by atomic mass is 35.5. The normalized spacial score (nSPS) is 9.64. The fourth-order valence-corrected chi connectivity index (χ4v) is 1.11. The van der Waals surface area contributed by atoms with Gasteiger partial charge in [-0.2, -0.15) is 0 Å². The van der Waals surface area contributed by atoms with Crippen LogP contribution >= 0.6 is 11.6 Å². The van der Waals surface area contributed by atoms with Crippen molar-refractivity contribution in [3.63, 3.8) is 0 Å². The zero-order chi connectivity index (χ0) is 10.6. The van der Waals surface area contributed by atoms with Crippen LogP contribution in [0.1, 0.15) is 5.56 Å². The molecule has 0 bridgehead atoms. The van der Waals surface area contributed by atoms with E-state index in [1.807, 2.05) is 6.92 Å². The van der Waals surface area contributed by atoms with Gasteiger partial charge in [-0.1, -0.05) is 17.7 Å². The van der Waals surface area contributed by atoms with Crippen LogP contribution in [-0.4, -0.2) is 19.7 Å². The van der Waals surface area contributed by atoms with Crippen LogP contribution in [0.4, 0.5) is 0 Å². The van der Waals surface area contributed by atoms with Crippen molar-refractivity contribution in [3.05, 3.63) is 28.8 Å². The van der Waals surface area contributed by atoms with Crippen LogP contribution in [0.3, 0.4) is 0 Å². The first-order chi connectivity index (χ1) is 6.65. The molecule has 0 fully saturated rings. The predicted octanol–water partition coefficient (Wildman–Crippen LogP) is 2.20. The molecule has 14 heavy (non-hydrogen) atoms. The highest BCUT2D eigenvalue weighted by Crippen LogP contribution is 2.24. The van der Waals surface area contributed by atoms with Crippen LogP contribution in [0.5, 0.6) is 5.75 Å². The molecular formula is C10H11ClO3. The molecule has 1 aromatic rings. The Morgan fingerprint density at radius 2 is 2.21 bits per heavy atom. The highest BCUT2D eigenvalue weighted by Gasteiger charge is 2.05. The fraction of sp³-hybridized carbons (Fsp3) is 0.300. The third-order valence-electron chi connectivity index (χ3n) is 1.79. The van der Waals surface area contributed by atoms with Crippen molar-refractivity contribution in [3.8, 4) is 5.75 Å². The summed E-state index contributed by atoms with van der Waals surface area (Å²) in [6.07, 6.45) is 0. The Hall–Kier alpha value is -1.22. The second kappa shape index (κ2) is 4.86. The number of methoxy groups -OCH3 is 1. The summed E-state index contributed by atoms with van der Waals surface area (Å²) in [4.78, 5) is 10.8. The van der Waals surface area contributed by atoms with E-state index in [0.29, 0.717) is 10.8 Å². The summed E-state index contributed by atoms with van der Waals surface area (Å²) >= 11 is 5.87. The molecule has 0 saturated carbocycles. The van der Waals surface area contributed by atoms with E-state index in [2.05, 4.69) is 4.74 Å². The summed E-state index contributed by atoms with van der Waals surface area (Å²) in [6.45, 7) is 1.73. The van der Waals surface area contributed by atoms with E-state index in [9.17, 15) is 4.79 Å². The number of carbonyl (C=O) groups excluding carboxylic acids is 1. The van der Waals surface area contributed by atoms with Gasteiger partial charge >= 0.3 is 5.97 Å². The quantitative estimate of drug-likeness (QED) is 0.724. The number of benzene rings is 1. The number of esters is 1. The molecule has 0 atom stereocenters. The first-order valence-electron chi connectivity index (χ1n) is 4.10. The van der Waals surface area contributed by atoms with Crippen LogP contribution in [0.25, 0.3) is 0 Å². The van der Waals surface area contributed by atoms with E-state index in [-0.39, 0.29) is 6.61 Å². The molecule has 1 rings (SSSR count). The molecule has 0 aromatic heterocycles. The van der Waals surface area contributed by atoms with Crippen LogP contribution in [0.2, 0.25) is 5.02 Å². The first-order valence-corrected chi connectivity index (χ1v) is 4.47. The molecule has 0 aliphatic carbocycles. The lowest BCUT2D eigenvalue weighted by atomic mass is 10.2. The van der Waals surface area contributed by atoms with Gasteiger partial charge in [0.15, 0.2) is 6.61 Å². The monoisotopic (exact) mass is 214 g/mol. The summed E-state index contributed by atoms with van der Waals surface area (Å²) < 4.78 is 9.66. The number of ether oxygens (including phenoxy) is 2. The maximum Gasteiger partial charge on any atom is 0.343 e. The highest BCUT2D eigenvalue weighted by molar-refractivity contribution is 6.31. The zero-order valence-electron chi connectivity index (χ0n) is 8.04. The van der Waals surface area contributed by atoms with Crippen molar-refractivity contribution in [2.24, 2.45) is 0 Å². The van der Waals surface area contributed by atoms with Gasteiger partial charge in [0, 0.05) is 10.6 Å². The minimum atomic E-state index is -0.413. The van der Waals surface area contributed by atoms with E-state index < -0.39 is 5.97 Å². The third kappa shape index (κ3) is 2.64.